The first-order chi connectivity index (χ1) is 10.8. The highest BCUT2D eigenvalue weighted by Crippen LogP contribution is 2.45. The number of hydrogen-bond donors (Lipinski definition) is 0. The molecule has 2 aromatic rings. The van der Waals surface area contributed by atoms with Crippen molar-refractivity contribution >= 4 is 11.3 Å². The second kappa shape index (κ2) is 5.07. The molecule has 114 valence electrons. The number of ether oxygens (including phenoxy) is 1. The maximum atomic E-state index is 6.37. The summed E-state index contributed by atoms with van der Waals surface area (Å²) >= 11 is 1.64. The summed E-state index contributed by atoms with van der Waals surface area (Å²) in [5.74, 6) is 2.36. The lowest BCUT2D eigenvalue weighted by Crippen LogP contribution is -2.61. The minimum Gasteiger partial charge on any atom is -0.466 e. The Hall–Kier alpha value is -1.39. The zero-order valence-electron chi connectivity index (χ0n) is 12.5. The normalized spacial score (nSPS) is 35.7. The van der Waals surface area contributed by atoms with Gasteiger partial charge in [-0.2, -0.15) is 0 Å². The molecule has 0 amide bonds. The fourth-order valence-electron chi connectivity index (χ4n) is 4.73. The van der Waals surface area contributed by atoms with Crippen LogP contribution in [-0.2, 0) is 0 Å². The van der Waals surface area contributed by atoms with Crippen LogP contribution in [0, 0.1) is 17.8 Å². The average molecular weight is 312 g/mol. The largest absolute Gasteiger partial charge is 0.466 e. The van der Waals surface area contributed by atoms with Crippen LogP contribution in [0.5, 0.6) is 5.19 Å². The summed E-state index contributed by atoms with van der Waals surface area (Å²) in [7, 11) is 0. The van der Waals surface area contributed by atoms with Gasteiger partial charge in [-0.25, -0.2) is 4.98 Å². The standard InChI is InChI=1S/C18H20N2OS/c1-2-4-13(5-3-1)16-11-22-18(19-16)21-17-14-6-12-7-15(17)10-20(8-12)9-14/h1-5,11-12,14-15,17H,6-10H2/t12?,14-,15-,17?/m0/s1. The number of nitrogens with zero attached hydrogens (tertiary/aromatic N) is 2. The van der Waals surface area contributed by atoms with Gasteiger partial charge in [-0.15, -0.1) is 0 Å². The predicted molar refractivity (Wildman–Crippen MR) is 88.1 cm³/mol. The van der Waals surface area contributed by atoms with Crippen molar-refractivity contribution in [2.75, 3.05) is 19.6 Å². The van der Waals surface area contributed by atoms with Crippen LogP contribution in [0.25, 0.3) is 11.3 Å². The fourth-order valence-corrected chi connectivity index (χ4v) is 5.44. The van der Waals surface area contributed by atoms with Crippen LogP contribution in [-0.4, -0.2) is 35.6 Å². The van der Waals surface area contributed by atoms with Crippen LogP contribution in [0.3, 0.4) is 0 Å². The van der Waals surface area contributed by atoms with Gasteiger partial charge in [0.25, 0.3) is 5.19 Å². The molecule has 4 heteroatoms. The first kappa shape index (κ1) is 13.1. The van der Waals surface area contributed by atoms with E-state index in [2.05, 4.69) is 34.5 Å². The lowest BCUT2D eigenvalue weighted by Gasteiger charge is -2.55. The molecule has 4 bridgehead atoms. The van der Waals surface area contributed by atoms with Gasteiger partial charge in [-0.05, 0) is 18.8 Å². The Morgan fingerprint density at radius 2 is 1.82 bits per heavy atom. The van der Waals surface area contributed by atoms with Gasteiger partial charge < -0.3 is 9.64 Å². The van der Waals surface area contributed by atoms with Crippen molar-refractivity contribution in [1.82, 2.24) is 9.88 Å². The molecule has 0 spiro atoms. The first-order valence-electron chi connectivity index (χ1n) is 8.25. The highest BCUT2D eigenvalue weighted by molar-refractivity contribution is 7.11. The molecule has 4 fully saturated rings. The average Bonchev–Trinajstić information content (AvgIpc) is 3.00. The Morgan fingerprint density at radius 3 is 2.55 bits per heavy atom. The fraction of sp³-hybridized carbons (Fsp3) is 0.500. The van der Waals surface area contributed by atoms with E-state index in [0.717, 1.165) is 28.6 Å². The quantitative estimate of drug-likeness (QED) is 0.867. The van der Waals surface area contributed by atoms with Gasteiger partial charge in [0.05, 0.1) is 5.69 Å². The lowest BCUT2D eigenvalue weighted by atomic mass is 9.66. The van der Waals surface area contributed by atoms with Gasteiger partial charge in [0, 0.05) is 42.4 Å². The minimum absolute atomic E-state index is 0.391. The maximum Gasteiger partial charge on any atom is 0.274 e. The third-order valence-electron chi connectivity index (χ3n) is 5.49. The van der Waals surface area contributed by atoms with Gasteiger partial charge in [0.2, 0.25) is 0 Å². The molecule has 4 heterocycles. The Labute approximate surface area is 134 Å². The van der Waals surface area contributed by atoms with E-state index in [1.54, 1.807) is 11.3 Å². The van der Waals surface area contributed by atoms with Crippen LogP contribution < -0.4 is 4.74 Å². The van der Waals surface area contributed by atoms with E-state index < -0.39 is 0 Å². The highest BCUT2D eigenvalue weighted by atomic mass is 32.1. The van der Waals surface area contributed by atoms with E-state index in [1.165, 1.54) is 38.0 Å². The summed E-state index contributed by atoms with van der Waals surface area (Å²) in [6.07, 6.45) is 3.10. The highest BCUT2D eigenvalue weighted by Gasteiger charge is 2.48. The molecule has 3 nitrogen and oxygen atoms in total. The number of piperidine rings is 3. The molecule has 2 atom stereocenters. The van der Waals surface area contributed by atoms with E-state index in [-0.39, 0.29) is 0 Å². The SMILES string of the molecule is c1ccc(-c2csc(OC3[C@H]4CC5C[C@H]3CN(C5)C4)n2)cc1. The molecule has 3 saturated heterocycles. The van der Waals surface area contributed by atoms with Gasteiger partial charge in [0.1, 0.15) is 6.10 Å². The molecule has 4 aliphatic rings. The van der Waals surface area contributed by atoms with Crippen LogP contribution in [0.4, 0.5) is 0 Å². The van der Waals surface area contributed by atoms with Crippen LogP contribution >= 0.6 is 11.3 Å². The molecule has 3 aliphatic heterocycles. The smallest absolute Gasteiger partial charge is 0.274 e. The van der Waals surface area contributed by atoms with Crippen LogP contribution in [0.1, 0.15) is 12.8 Å². The number of aromatic nitrogens is 1. The molecule has 1 aromatic carbocycles. The van der Waals surface area contributed by atoms with E-state index in [1.807, 2.05) is 6.07 Å². The van der Waals surface area contributed by atoms with E-state index in [4.69, 9.17) is 9.72 Å². The van der Waals surface area contributed by atoms with Crippen molar-refractivity contribution in [3.8, 4) is 16.5 Å². The maximum absolute atomic E-state index is 6.37. The molecule has 1 aromatic heterocycles. The van der Waals surface area contributed by atoms with Crippen molar-refractivity contribution in [2.24, 2.45) is 17.8 Å². The van der Waals surface area contributed by atoms with Gasteiger partial charge >= 0.3 is 0 Å². The van der Waals surface area contributed by atoms with Crippen molar-refractivity contribution < 1.29 is 4.74 Å². The summed E-state index contributed by atoms with van der Waals surface area (Å²) in [6, 6.07) is 10.4. The van der Waals surface area contributed by atoms with Gasteiger partial charge in [-0.3, -0.25) is 0 Å². The summed E-state index contributed by atoms with van der Waals surface area (Å²) in [5, 5.41) is 2.97. The predicted octanol–water partition coefficient (Wildman–Crippen LogP) is 3.53. The third kappa shape index (κ3) is 2.17. The molecule has 1 aliphatic carbocycles. The van der Waals surface area contributed by atoms with E-state index >= 15 is 0 Å². The summed E-state index contributed by atoms with van der Waals surface area (Å²) in [6.45, 7) is 3.79. The number of hydrogen-bond acceptors (Lipinski definition) is 4. The summed E-state index contributed by atoms with van der Waals surface area (Å²) in [4.78, 5) is 7.36. The molecule has 6 rings (SSSR count). The van der Waals surface area contributed by atoms with Crippen LogP contribution in [0.2, 0.25) is 0 Å². The lowest BCUT2D eigenvalue weighted by molar-refractivity contribution is -0.0984. The molecular formula is C18H20N2OS. The van der Waals surface area contributed by atoms with Crippen molar-refractivity contribution in [1.29, 1.82) is 0 Å². The van der Waals surface area contributed by atoms with Crippen molar-refractivity contribution in [3.05, 3.63) is 35.7 Å². The first-order valence-corrected chi connectivity index (χ1v) is 9.13. The Kier molecular flexibility index (Phi) is 3.01. The molecule has 22 heavy (non-hydrogen) atoms. The Morgan fingerprint density at radius 1 is 1.05 bits per heavy atom. The Balaban J connectivity index is 1.35. The number of rotatable bonds is 3. The summed E-state index contributed by atoms with van der Waals surface area (Å²) < 4.78 is 6.37. The van der Waals surface area contributed by atoms with Gasteiger partial charge in [-0.1, -0.05) is 41.7 Å². The van der Waals surface area contributed by atoms with Crippen molar-refractivity contribution in [2.45, 2.75) is 18.9 Å². The molecule has 0 unspecified atom stereocenters. The Bertz CT molecular complexity index is 641. The van der Waals surface area contributed by atoms with E-state index in [0.29, 0.717) is 6.10 Å². The number of benzene rings is 1. The van der Waals surface area contributed by atoms with Crippen molar-refractivity contribution in [3.63, 3.8) is 0 Å². The molecule has 1 saturated carbocycles. The topological polar surface area (TPSA) is 25.4 Å². The van der Waals surface area contributed by atoms with E-state index in [9.17, 15) is 0 Å². The summed E-state index contributed by atoms with van der Waals surface area (Å²) in [5.41, 5.74) is 2.21. The second-order valence-electron chi connectivity index (χ2n) is 7.02. The number of thiazole rings is 1. The zero-order chi connectivity index (χ0) is 14.5. The zero-order valence-corrected chi connectivity index (χ0v) is 13.3. The molecule has 0 radical (unpaired) electrons. The van der Waals surface area contributed by atoms with Gasteiger partial charge in [0.15, 0.2) is 0 Å². The second-order valence-corrected chi connectivity index (χ2v) is 7.84. The minimum atomic E-state index is 0.391. The van der Waals surface area contributed by atoms with Crippen LogP contribution in [0.15, 0.2) is 35.7 Å². The molecular weight excluding hydrogens is 292 g/mol. The molecule has 0 N–H and O–H groups in total. The monoisotopic (exact) mass is 312 g/mol. The third-order valence-corrected chi connectivity index (χ3v) is 6.22.